The summed E-state index contributed by atoms with van der Waals surface area (Å²) < 4.78 is 36.5. The summed E-state index contributed by atoms with van der Waals surface area (Å²) in [5.74, 6) is -0.635. The SMILES string of the molecule is C[Si](C)(C)c1ccc(-c2[c-]cccc2)nc1.Cc1cccc(C)c1-n1c(-c2[c-]cc(F)c3c2oc2nc(F)ccc23)nc2ccccc21.[Ir]. The van der Waals surface area contributed by atoms with Crippen molar-refractivity contribution in [1.82, 2.24) is 19.5 Å². The van der Waals surface area contributed by atoms with E-state index in [1.807, 2.05) is 91.3 Å². The Hall–Kier alpha value is -4.82. The molecule has 5 nitrogen and oxygen atoms in total. The molecule has 4 aromatic carbocycles. The van der Waals surface area contributed by atoms with Gasteiger partial charge < -0.3 is 14.0 Å². The van der Waals surface area contributed by atoms with Crippen LogP contribution < -0.4 is 5.19 Å². The summed E-state index contributed by atoms with van der Waals surface area (Å²) in [6.45, 7) is 11.1. The Bertz CT molecular complexity index is 2410. The zero-order valence-corrected chi connectivity index (χ0v) is 31.0. The number of rotatable bonds is 4. The predicted octanol–water partition coefficient (Wildman–Crippen LogP) is 9.77. The van der Waals surface area contributed by atoms with E-state index in [0.717, 1.165) is 39.1 Å². The number of hydrogen-bond donors (Lipinski definition) is 0. The predicted molar refractivity (Wildman–Crippen MR) is 191 cm³/mol. The van der Waals surface area contributed by atoms with E-state index in [4.69, 9.17) is 9.40 Å². The molecular weight excluding hydrogens is 811 g/mol. The van der Waals surface area contributed by atoms with Gasteiger partial charge in [-0.25, -0.2) is 0 Å². The van der Waals surface area contributed by atoms with Crippen molar-refractivity contribution >= 4 is 46.4 Å². The fourth-order valence-corrected chi connectivity index (χ4v) is 6.97. The first-order valence-corrected chi connectivity index (χ1v) is 19.2. The quantitative estimate of drug-likeness (QED) is 0.101. The van der Waals surface area contributed by atoms with Crippen LogP contribution in [0, 0.1) is 37.7 Å². The molecule has 0 saturated heterocycles. The van der Waals surface area contributed by atoms with Gasteiger partial charge >= 0.3 is 0 Å². The van der Waals surface area contributed by atoms with Crippen LogP contribution in [0.2, 0.25) is 19.6 Å². The largest absolute Gasteiger partial charge is 0.486 e. The van der Waals surface area contributed by atoms with Crippen molar-refractivity contribution < 1.29 is 33.3 Å². The van der Waals surface area contributed by atoms with Crippen molar-refractivity contribution in [1.29, 1.82) is 0 Å². The molecule has 9 heteroatoms. The minimum absolute atomic E-state index is 0. The van der Waals surface area contributed by atoms with Crippen LogP contribution in [-0.2, 0) is 20.1 Å². The number of benzene rings is 4. The van der Waals surface area contributed by atoms with Gasteiger partial charge in [0.05, 0.1) is 30.5 Å². The number of halogens is 2. The van der Waals surface area contributed by atoms with E-state index in [9.17, 15) is 8.78 Å². The van der Waals surface area contributed by atoms with Crippen LogP contribution in [0.25, 0.3) is 61.4 Å². The van der Waals surface area contributed by atoms with Gasteiger partial charge in [-0.05, 0) is 65.5 Å². The number of aryl methyl sites for hydroxylation is 2. The Morgan fingerprint density at radius 1 is 0.796 bits per heavy atom. The maximum absolute atomic E-state index is 14.9. The van der Waals surface area contributed by atoms with Crippen LogP contribution >= 0.6 is 0 Å². The third kappa shape index (κ3) is 6.49. The maximum atomic E-state index is 14.9. The van der Waals surface area contributed by atoms with E-state index in [1.165, 1.54) is 23.4 Å². The Morgan fingerprint density at radius 3 is 2.24 bits per heavy atom. The zero-order chi connectivity index (χ0) is 33.6. The van der Waals surface area contributed by atoms with Crippen molar-refractivity contribution in [3.8, 4) is 28.3 Å². The van der Waals surface area contributed by atoms with Crippen LogP contribution in [0.5, 0.6) is 0 Å². The molecule has 0 aliphatic heterocycles. The molecule has 0 amide bonds. The fourth-order valence-electron chi connectivity index (χ4n) is 5.94. The third-order valence-corrected chi connectivity index (χ3v) is 10.4. The molecule has 0 fully saturated rings. The third-order valence-electron chi connectivity index (χ3n) is 8.39. The van der Waals surface area contributed by atoms with Gasteiger partial charge in [-0.15, -0.1) is 48.0 Å². The van der Waals surface area contributed by atoms with Crippen LogP contribution in [0.4, 0.5) is 8.78 Å². The maximum Gasteiger partial charge on any atom is 0.218 e. The number of hydrogen-bond acceptors (Lipinski definition) is 4. The summed E-state index contributed by atoms with van der Waals surface area (Å²) in [4.78, 5) is 13.2. The first kappa shape index (κ1) is 34.1. The number of aromatic nitrogens is 4. The number of fused-ring (bicyclic) bond motifs is 4. The van der Waals surface area contributed by atoms with Crippen LogP contribution in [0.3, 0.4) is 0 Å². The zero-order valence-electron chi connectivity index (χ0n) is 27.6. The van der Waals surface area contributed by atoms with E-state index in [-0.39, 0.29) is 36.8 Å². The van der Waals surface area contributed by atoms with Crippen LogP contribution in [0.15, 0.2) is 108 Å². The molecule has 4 heterocycles. The average Bonchev–Trinajstić information content (AvgIpc) is 3.64. The van der Waals surface area contributed by atoms with E-state index in [1.54, 1.807) is 0 Å². The Morgan fingerprint density at radius 2 is 1.55 bits per heavy atom. The minimum atomic E-state index is -1.23. The number of para-hydroxylation sites is 3. The Labute approximate surface area is 298 Å². The van der Waals surface area contributed by atoms with Gasteiger partial charge in [0, 0.05) is 43.2 Å². The first-order chi connectivity index (χ1) is 23.1. The molecule has 49 heavy (non-hydrogen) atoms. The molecule has 0 spiro atoms. The topological polar surface area (TPSA) is 56.7 Å². The van der Waals surface area contributed by atoms with E-state index < -0.39 is 19.8 Å². The second-order valence-corrected chi connectivity index (χ2v) is 17.8. The summed E-state index contributed by atoms with van der Waals surface area (Å²) in [6, 6.07) is 36.3. The number of imidazole rings is 1. The molecule has 0 aliphatic carbocycles. The van der Waals surface area contributed by atoms with E-state index in [0.29, 0.717) is 16.8 Å². The van der Waals surface area contributed by atoms with Crippen molar-refractivity contribution in [3.63, 3.8) is 0 Å². The van der Waals surface area contributed by atoms with Crippen molar-refractivity contribution in [3.05, 3.63) is 138 Å². The molecule has 0 aliphatic rings. The molecule has 0 N–H and O–H groups in total. The van der Waals surface area contributed by atoms with E-state index in [2.05, 4.69) is 53.9 Å². The minimum Gasteiger partial charge on any atom is -0.486 e. The molecule has 8 aromatic rings. The monoisotopic (exact) mass is 843 g/mol. The Kier molecular flexibility index (Phi) is 9.44. The van der Waals surface area contributed by atoms with Gasteiger partial charge in [-0.3, -0.25) is 9.37 Å². The van der Waals surface area contributed by atoms with Gasteiger partial charge in [-0.2, -0.15) is 9.37 Å². The normalized spacial score (nSPS) is 11.4. The summed E-state index contributed by atoms with van der Waals surface area (Å²) in [5, 5.41) is 2.04. The van der Waals surface area contributed by atoms with Gasteiger partial charge in [0.2, 0.25) is 11.7 Å². The molecule has 0 bridgehead atoms. The first-order valence-electron chi connectivity index (χ1n) is 15.7. The van der Waals surface area contributed by atoms with Crippen LogP contribution in [0.1, 0.15) is 11.1 Å². The molecule has 4 aromatic heterocycles. The van der Waals surface area contributed by atoms with Gasteiger partial charge in [-0.1, -0.05) is 67.7 Å². The standard InChI is InChI=1S/C26H16F2N3O.C14H16NSi.Ir/c1-14-6-5-7-15(2)23(14)31-20-9-4-3-8-19(20)29-25(31)17-10-12-18(27)22-16-11-13-21(28)30-26(16)32-24(17)22;1-16(2,3)13-9-10-14(15-11-13)12-7-5-4-6-8-12;/h3-9,11-13H,1-2H3;4-7,9-11H,1-3H3;/q2*-1;. The molecule has 0 atom stereocenters. The molecule has 0 unspecified atom stereocenters. The number of furan rings is 1. The number of nitrogens with zero attached hydrogens (tertiary/aromatic N) is 4. The second-order valence-electron chi connectivity index (χ2n) is 12.8. The summed E-state index contributed by atoms with van der Waals surface area (Å²) in [7, 11) is -1.23. The van der Waals surface area contributed by atoms with E-state index >= 15 is 0 Å². The molecular formula is C40H32F2IrN4OSi-2. The van der Waals surface area contributed by atoms with Gasteiger partial charge in [0.1, 0.15) is 0 Å². The average molecular weight is 843 g/mol. The van der Waals surface area contributed by atoms with Gasteiger partial charge in [0.25, 0.3) is 0 Å². The summed E-state index contributed by atoms with van der Waals surface area (Å²) in [5.41, 5.74) is 7.65. The molecule has 8 rings (SSSR count). The van der Waals surface area contributed by atoms with Crippen molar-refractivity contribution in [2.75, 3.05) is 0 Å². The van der Waals surface area contributed by atoms with Crippen LogP contribution in [-0.4, -0.2) is 27.6 Å². The molecule has 1 radical (unpaired) electrons. The van der Waals surface area contributed by atoms with Crippen molar-refractivity contribution in [2.45, 2.75) is 33.5 Å². The fraction of sp³-hybridized carbons (Fsp3) is 0.125. The second kappa shape index (κ2) is 13.6. The van der Waals surface area contributed by atoms with Gasteiger partial charge in [0.15, 0.2) is 0 Å². The Balaban J connectivity index is 0.000000208. The molecule has 247 valence electrons. The summed E-state index contributed by atoms with van der Waals surface area (Å²) in [6.07, 6.45) is 2.02. The molecule has 0 saturated carbocycles. The number of pyridine rings is 2. The summed E-state index contributed by atoms with van der Waals surface area (Å²) >= 11 is 0. The van der Waals surface area contributed by atoms with Crippen molar-refractivity contribution in [2.24, 2.45) is 0 Å². The smallest absolute Gasteiger partial charge is 0.218 e.